The Morgan fingerprint density at radius 3 is 2.37 bits per heavy atom. The molecule has 7 atom stereocenters. The standard InChI is InChI=1S/C27H46O3/c1-17(2)7-6-8-18(3)20-9-10-21-19-15-24(28)23-16-27(29,30)14-13-26(23,5)22(19)11-12-25(20,21)4/h17-22,28-30H,6-16H2,1-5H3/t18-,19+,20-,21+,22+,25-,26-/m1/s1. The molecule has 30 heavy (non-hydrogen) atoms. The van der Waals surface area contributed by atoms with Gasteiger partial charge in [0.1, 0.15) is 0 Å². The van der Waals surface area contributed by atoms with Gasteiger partial charge in [-0.1, -0.05) is 53.9 Å². The maximum Gasteiger partial charge on any atom is 0.166 e. The molecule has 0 aromatic carbocycles. The zero-order valence-corrected chi connectivity index (χ0v) is 20.1. The molecule has 172 valence electrons. The van der Waals surface area contributed by atoms with Gasteiger partial charge in [-0.2, -0.15) is 0 Å². The largest absolute Gasteiger partial charge is 0.512 e. The van der Waals surface area contributed by atoms with Crippen LogP contribution in [0, 0.1) is 46.3 Å². The summed E-state index contributed by atoms with van der Waals surface area (Å²) in [6.07, 6.45) is 11.5. The Bertz CT molecular complexity index is 680. The highest BCUT2D eigenvalue weighted by molar-refractivity contribution is 5.29. The number of hydrogen-bond acceptors (Lipinski definition) is 3. The Kier molecular flexibility index (Phi) is 5.89. The summed E-state index contributed by atoms with van der Waals surface area (Å²) in [5, 5.41) is 31.5. The number of hydrogen-bond donors (Lipinski definition) is 3. The van der Waals surface area contributed by atoms with E-state index in [1.807, 2.05) is 0 Å². The zero-order valence-electron chi connectivity index (χ0n) is 20.1. The van der Waals surface area contributed by atoms with E-state index in [2.05, 4.69) is 34.6 Å². The van der Waals surface area contributed by atoms with Gasteiger partial charge < -0.3 is 15.3 Å². The van der Waals surface area contributed by atoms with Crippen LogP contribution in [0.25, 0.3) is 0 Å². The van der Waals surface area contributed by atoms with Crippen molar-refractivity contribution in [2.24, 2.45) is 46.3 Å². The molecule has 0 amide bonds. The highest BCUT2D eigenvalue weighted by Gasteiger charge is 2.61. The lowest BCUT2D eigenvalue weighted by Gasteiger charge is -2.59. The number of aliphatic hydroxyl groups is 3. The second-order valence-electron chi connectivity index (χ2n) is 12.6. The van der Waals surface area contributed by atoms with E-state index in [1.54, 1.807) is 0 Å². The van der Waals surface area contributed by atoms with Gasteiger partial charge in [-0.3, -0.25) is 0 Å². The SMILES string of the molecule is CC(C)CCC[C@@H](C)[C@H]1CC[C@H]2[C@@H]3CC(O)=C4CC(O)(O)CC[C@]4(C)[C@H]3CC[C@]12C. The molecule has 0 radical (unpaired) electrons. The number of allylic oxidation sites excluding steroid dienone is 1. The number of rotatable bonds is 5. The molecule has 0 aromatic heterocycles. The van der Waals surface area contributed by atoms with E-state index >= 15 is 0 Å². The highest BCUT2D eigenvalue weighted by Crippen LogP contribution is 2.68. The average molecular weight is 419 g/mol. The molecule has 0 unspecified atom stereocenters. The molecule has 3 heteroatoms. The second kappa shape index (κ2) is 7.80. The van der Waals surface area contributed by atoms with Gasteiger partial charge in [0.15, 0.2) is 5.79 Å². The van der Waals surface area contributed by atoms with E-state index in [1.165, 1.54) is 44.9 Å². The minimum absolute atomic E-state index is 0.0513. The summed E-state index contributed by atoms with van der Waals surface area (Å²) < 4.78 is 0. The summed E-state index contributed by atoms with van der Waals surface area (Å²) in [6, 6.07) is 0. The molecule has 3 fully saturated rings. The summed E-state index contributed by atoms with van der Waals surface area (Å²) in [4.78, 5) is 0. The Balaban J connectivity index is 1.54. The van der Waals surface area contributed by atoms with Crippen molar-refractivity contribution < 1.29 is 15.3 Å². The van der Waals surface area contributed by atoms with Crippen molar-refractivity contribution in [2.75, 3.05) is 0 Å². The molecular formula is C27H46O3. The van der Waals surface area contributed by atoms with Crippen LogP contribution in [0.5, 0.6) is 0 Å². The first-order valence-electron chi connectivity index (χ1n) is 12.8. The average Bonchev–Trinajstić information content (AvgIpc) is 3.00. The van der Waals surface area contributed by atoms with Crippen LogP contribution in [0.1, 0.15) is 105 Å². The third-order valence-corrected chi connectivity index (χ3v) is 10.4. The van der Waals surface area contributed by atoms with Crippen molar-refractivity contribution in [3.63, 3.8) is 0 Å². The first kappa shape index (κ1) is 22.6. The first-order valence-corrected chi connectivity index (χ1v) is 12.8. The molecule has 0 aliphatic heterocycles. The second-order valence-corrected chi connectivity index (χ2v) is 12.6. The van der Waals surface area contributed by atoms with Crippen LogP contribution in [0.15, 0.2) is 11.3 Å². The van der Waals surface area contributed by atoms with Crippen molar-refractivity contribution in [1.29, 1.82) is 0 Å². The van der Waals surface area contributed by atoms with E-state index < -0.39 is 5.79 Å². The lowest BCUT2D eigenvalue weighted by Crippen LogP contribution is -2.53. The quantitative estimate of drug-likeness (QED) is 0.441. The predicted molar refractivity (Wildman–Crippen MR) is 122 cm³/mol. The van der Waals surface area contributed by atoms with Crippen molar-refractivity contribution in [2.45, 2.75) is 111 Å². The van der Waals surface area contributed by atoms with Gasteiger partial charge in [0.25, 0.3) is 0 Å². The maximum absolute atomic E-state index is 11.0. The van der Waals surface area contributed by atoms with E-state index in [0.29, 0.717) is 35.3 Å². The van der Waals surface area contributed by atoms with Crippen LogP contribution < -0.4 is 0 Å². The molecule has 0 saturated heterocycles. The molecule has 0 spiro atoms. The molecule has 4 rings (SSSR count). The predicted octanol–water partition coefficient (Wildman–Crippen LogP) is 6.59. The Labute approximate surface area is 184 Å². The Morgan fingerprint density at radius 2 is 1.67 bits per heavy atom. The summed E-state index contributed by atoms with van der Waals surface area (Å²) in [6.45, 7) is 12.1. The van der Waals surface area contributed by atoms with E-state index in [9.17, 15) is 15.3 Å². The van der Waals surface area contributed by atoms with E-state index in [4.69, 9.17) is 0 Å². The minimum Gasteiger partial charge on any atom is -0.512 e. The Hall–Kier alpha value is -0.540. The molecule has 3 N–H and O–H groups in total. The monoisotopic (exact) mass is 418 g/mol. The molecule has 3 nitrogen and oxygen atoms in total. The van der Waals surface area contributed by atoms with Crippen LogP contribution in [0.2, 0.25) is 0 Å². The zero-order chi connectivity index (χ0) is 21.9. The van der Waals surface area contributed by atoms with Crippen molar-refractivity contribution in [3.8, 4) is 0 Å². The minimum atomic E-state index is -1.64. The molecule has 0 heterocycles. The van der Waals surface area contributed by atoms with E-state index in [0.717, 1.165) is 36.2 Å². The van der Waals surface area contributed by atoms with Crippen LogP contribution in [0.3, 0.4) is 0 Å². The summed E-state index contributed by atoms with van der Waals surface area (Å²) in [7, 11) is 0. The highest BCUT2D eigenvalue weighted by atomic mass is 16.5. The molecule has 4 aliphatic carbocycles. The fourth-order valence-electron chi connectivity index (χ4n) is 8.76. The summed E-state index contributed by atoms with van der Waals surface area (Å²) >= 11 is 0. The van der Waals surface area contributed by atoms with Crippen molar-refractivity contribution in [3.05, 3.63) is 11.3 Å². The van der Waals surface area contributed by atoms with Crippen molar-refractivity contribution >= 4 is 0 Å². The van der Waals surface area contributed by atoms with Gasteiger partial charge in [-0.15, -0.1) is 0 Å². The topological polar surface area (TPSA) is 60.7 Å². The van der Waals surface area contributed by atoms with Gasteiger partial charge in [0, 0.05) is 19.3 Å². The third-order valence-electron chi connectivity index (χ3n) is 10.4. The summed E-state index contributed by atoms with van der Waals surface area (Å²) in [5.41, 5.74) is 1.32. The van der Waals surface area contributed by atoms with Crippen LogP contribution in [0.4, 0.5) is 0 Å². The van der Waals surface area contributed by atoms with Crippen LogP contribution in [-0.2, 0) is 0 Å². The molecule has 0 bridgehead atoms. The number of fused-ring (bicyclic) bond motifs is 5. The van der Waals surface area contributed by atoms with Crippen LogP contribution in [-0.4, -0.2) is 21.1 Å². The lowest BCUT2D eigenvalue weighted by atomic mass is 9.46. The van der Waals surface area contributed by atoms with Gasteiger partial charge in [-0.05, 0) is 84.0 Å². The third kappa shape index (κ3) is 3.66. The first-order chi connectivity index (χ1) is 14.0. The fraction of sp³-hybridized carbons (Fsp3) is 0.926. The molecule has 4 aliphatic rings. The van der Waals surface area contributed by atoms with E-state index in [-0.39, 0.29) is 11.8 Å². The lowest BCUT2D eigenvalue weighted by molar-refractivity contribution is -0.191. The summed E-state index contributed by atoms with van der Waals surface area (Å²) in [5.74, 6) is 3.15. The molecule has 0 aromatic rings. The molecular weight excluding hydrogens is 372 g/mol. The number of aliphatic hydroxyl groups excluding tert-OH is 1. The Morgan fingerprint density at radius 1 is 0.933 bits per heavy atom. The molecule has 3 saturated carbocycles. The van der Waals surface area contributed by atoms with Gasteiger partial charge >= 0.3 is 0 Å². The van der Waals surface area contributed by atoms with Crippen molar-refractivity contribution in [1.82, 2.24) is 0 Å². The smallest absolute Gasteiger partial charge is 0.166 e. The normalized spacial score (nSPS) is 43.9. The van der Waals surface area contributed by atoms with Gasteiger partial charge in [0.2, 0.25) is 0 Å². The maximum atomic E-state index is 11.0. The fourth-order valence-corrected chi connectivity index (χ4v) is 8.76. The van der Waals surface area contributed by atoms with Crippen LogP contribution >= 0.6 is 0 Å². The van der Waals surface area contributed by atoms with Gasteiger partial charge in [-0.25, -0.2) is 0 Å². The van der Waals surface area contributed by atoms with Gasteiger partial charge in [0.05, 0.1) is 5.76 Å².